The molecule has 1 aromatic heterocycles. The molecule has 3 nitrogen and oxygen atoms in total. The zero-order valence-corrected chi connectivity index (χ0v) is 10.6. The summed E-state index contributed by atoms with van der Waals surface area (Å²) in [6, 6.07) is 4.61. The first-order chi connectivity index (χ1) is 8.25. The maximum absolute atomic E-state index is 13.0. The number of aromatic amines is 1. The average Bonchev–Trinajstić information content (AvgIpc) is 2.73. The number of benzene rings is 1. The van der Waals surface area contributed by atoms with Crippen molar-refractivity contribution < 1.29 is 9.13 Å². The number of rotatable bonds is 1. The second-order valence-corrected chi connectivity index (χ2v) is 4.81. The Labute approximate surface area is 106 Å². The van der Waals surface area contributed by atoms with Crippen molar-refractivity contribution in [3.63, 3.8) is 0 Å². The topological polar surface area (TPSA) is 37.9 Å². The van der Waals surface area contributed by atoms with Crippen LogP contribution in [-0.2, 0) is 17.8 Å². The molecule has 1 aliphatic rings. The van der Waals surface area contributed by atoms with E-state index in [1.165, 1.54) is 12.1 Å². The van der Waals surface area contributed by atoms with Crippen LogP contribution in [-0.4, -0.2) is 16.8 Å². The highest BCUT2D eigenvalue weighted by Gasteiger charge is 2.19. The Morgan fingerprint density at radius 2 is 2.29 bits per heavy atom. The maximum Gasteiger partial charge on any atom is 0.124 e. The first kappa shape index (κ1) is 10.9. The fourth-order valence-corrected chi connectivity index (χ4v) is 2.55. The van der Waals surface area contributed by atoms with Crippen LogP contribution in [0.5, 0.6) is 0 Å². The van der Waals surface area contributed by atoms with Gasteiger partial charge >= 0.3 is 0 Å². The summed E-state index contributed by atoms with van der Waals surface area (Å²) in [5, 5.41) is 7.32. The predicted molar refractivity (Wildman–Crippen MR) is 65.0 cm³/mol. The summed E-state index contributed by atoms with van der Waals surface area (Å²) in [6.07, 6.45) is 0.848. The van der Waals surface area contributed by atoms with Crippen molar-refractivity contribution >= 4 is 15.9 Å². The summed E-state index contributed by atoms with van der Waals surface area (Å²) in [5.74, 6) is -0.263. The summed E-state index contributed by atoms with van der Waals surface area (Å²) in [4.78, 5) is 0. The minimum Gasteiger partial charge on any atom is -0.376 e. The van der Waals surface area contributed by atoms with E-state index in [0.717, 1.165) is 35.5 Å². The van der Waals surface area contributed by atoms with E-state index in [-0.39, 0.29) is 5.82 Å². The largest absolute Gasteiger partial charge is 0.376 e. The first-order valence-electron chi connectivity index (χ1n) is 5.35. The minimum absolute atomic E-state index is 0.263. The van der Waals surface area contributed by atoms with Crippen molar-refractivity contribution in [2.24, 2.45) is 0 Å². The molecule has 0 unspecified atom stereocenters. The van der Waals surface area contributed by atoms with E-state index in [1.807, 2.05) is 0 Å². The van der Waals surface area contributed by atoms with E-state index in [2.05, 4.69) is 26.1 Å². The summed E-state index contributed by atoms with van der Waals surface area (Å²) in [5.41, 5.74) is 3.91. The molecule has 0 saturated heterocycles. The molecule has 5 heteroatoms. The van der Waals surface area contributed by atoms with Crippen molar-refractivity contribution in [3.8, 4) is 11.3 Å². The normalized spacial score (nSPS) is 14.7. The Hall–Kier alpha value is -1.20. The molecule has 1 aromatic carbocycles. The van der Waals surface area contributed by atoms with Gasteiger partial charge in [0.1, 0.15) is 5.82 Å². The summed E-state index contributed by atoms with van der Waals surface area (Å²) in [7, 11) is 0. The number of ether oxygens (including phenoxy) is 1. The van der Waals surface area contributed by atoms with Gasteiger partial charge in [0.05, 0.1) is 18.9 Å². The molecule has 0 atom stereocenters. The van der Waals surface area contributed by atoms with Gasteiger partial charge in [0.15, 0.2) is 0 Å². The van der Waals surface area contributed by atoms with Crippen molar-refractivity contribution in [1.29, 1.82) is 0 Å². The summed E-state index contributed by atoms with van der Waals surface area (Å²) >= 11 is 3.36. The molecule has 0 aliphatic carbocycles. The highest BCUT2D eigenvalue weighted by molar-refractivity contribution is 9.10. The number of fused-ring (bicyclic) bond motifs is 1. The van der Waals surface area contributed by atoms with Crippen LogP contribution in [0.25, 0.3) is 11.3 Å². The number of aromatic nitrogens is 2. The lowest BCUT2D eigenvalue weighted by atomic mass is 10.0. The van der Waals surface area contributed by atoms with Crippen LogP contribution in [0.4, 0.5) is 4.39 Å². The molecular weight excluding hydrogens is 287 g/mol. The molecule has 1 N–H and O–H groups in total. The first-order valence-corrected chi connectivity index (χ1v) is 6.14. The maximum atomic E-state index is 13.0. The third kappa shape index (κ3) is 1.89. The van der Waals surface area contributed by atoms with Gasteiger partial charge < -0.3 is 4.74 Å². The molecule has 0 radical (unpaired) electrons. The second kappa shape index (κ2) is 4.23. The lowest BCUT2D eigenvalue weighted by Crippen LogP contribution is -2.08. The smallest absolute Gasteiger partial charge is 0.124 e. The third-order valence-corrected chi connectivity index (χ3v) is 3.54. The van der Waals surface area contributed by atoms with Gasteiger partial charge in [-0.05, 0) is 34.1 Å². The molecule has 0 amide bonds. The van der Waals surface area contributed by atoms with Gasteiger partial charge in [-0.1, -0.05) is 0 Å². The Balaban J connectivity index is 2.12. The molecule has 2 heterocycles. The number of halogens is 2. The Bertz CT molecular complexity index is 568. The van der Waals surface area contributed by atoms with Gasteiger partial charge in [-0.15, -0.1) is 0 Å². The third-order valence-electron chi connectivity index (χ3n) is 2.88. The molecular formula is C12H10BrFN2O. The Kier molecular flexibility index (Phi) is 2.72. The van der Waals surface area contributed by atoms with Gasteiger partial charge in [-0.2, -0.15) is 5.10 Å². The zero-order valence-electron chi connectivity index (χ0n) is 8.96. The molecule has 1 aliphatic heterocycles. The van der Waals surface area contributed by atoms with E-state index in [4.69, 9.17) is 4.74 Å². The number of hydrogen-bond donors (Lipinski definition) is 1. The molecule has 17 heavy (non-hydrogen) atoms. The van der Waals surface area contributed by atoms with Crippen molar-refractivity contribution in [1.82, 2.24) is 10.2 Å². The molecule has 2 aromatic rings. The highest BCUT2D eigenvalue weighted by atomic mass is 79.9. The van der Waals surface area contributed by atoms with Crippen LogP contribution in [0.15, 0.2) is 22.7 Å². The van der Waals surface area contributed by atoms with E-state index < -0.39 is 0 Å². The molecule has 0 saturated carbocycles. The SMILES string of the molecule is Fc1ccc(-c2n[nH]c3c2COCC3)c(Br)c1. The highest BCUT2D eigenvalue weighted by Crippen LogP contribution is 2.32. The van der Waals surface area contributed by atoms with Gasteiger partial charge in [0.25, 0.3) is 0 Å². The fourth-order valence-electron chi connectivity index (χ4n) is 2.02. The van der Waals surface area contributed by atoms with Crippen molar-refractivity contribution in [2.75, 3.05) is 6.61 Å². The summed E-state index contributed by atoms with van der Waals surface area (Å²) < 4.78 is 19.2. The summed E-state index contributed by atoms with van der Waals surface area (Å²) in [6.45, 7) is 1.28. The molecule has 0 spiro atoms. The van der Waals surface area contributed by atoms with Crippen molar-refractivity contribution in [2.45, 2.75) is 13.0 Å². The lowest BCUT2D eigenvalue weighted by molar-refractivity contribution is 0.110. The van der Waals surface area contributed by atoms with Gasteiger partial charge in [-0.3, -0.25) is 5.10 Å². The van der Waals surface area contributed by atoms with E-state index in [9.17, 15) is 4.39 Å². The van der Waals surface area contributed by atoms with Crippen LogP contribution < -0.4 is 0 Å². The van der Waals surface area contributed by atoms with Gasteiger partial charge in [0, 0.05) is 27.7 Å². The second-order valence-electron chi connectivity index (χ2n) is 3.96. The molecule has 3 rings (SSSR count). The van der Waals surface area contributed by atoms with Crippen LogP contribution in [0.1, 0.15) is 11.3 Å². The van der Waals surface area contributed by atoms with E-state index in [1.54, 1.807) is 6.07 Å². The number of nitrogens with one attached hydrogen (secondary N) is 1. The van der Waals surface area contributed by atoms with E-state index in [0.29, 0.717) is 11.1 Å². The molecule has 0 fully saturated rings. The van der Waals surface area contributed by atoms with Crippen LogP contribution in [0.2, 0.25) is 0 Å². The molecule has 88 valence electrons. The average molecular weight is 297 g/mol. The zero-order chi connectivity index (χ0) is 11.8. The quantitative estimate of drug-likeness (QED) is 0.878. The number of nitrogens with zero attached hydrogens (tertiary/aromatic N) is 1. The number of H-pyrrole nitrogens is 1. The number of hydrogen-bond acceptors (Lipinski definition) is 2. The minimum atomic E-state index is -0.263. The lowest BCUT2D eigenvalue weighted by Gasteiger charge is -2.12. The van der Waals surface area contributed by atoms with E-state index >= 15 is 0 Å². The van der Waals surface area contributed by atoms with Crippen LogP contribution >= 0.6 is 15.9 Å². The molecule has 0 bridgehead atoms. The van der Waals surface area contributed by atoms with Gasteiger partial charge in [0.2, 0.25) is 0 Å². The monoisotopic (exact) mass is 296 g/mol. The standard InChI is InChI=1S/C12H10BrFN2O/c13-10-5-7(14)1-2-8(10)12-9-6-17-4-3-11(9)15-16-12/h1-2,5H,3-4,6H2,(H,15,16). The van der Waals surface area contributed by atoms with Crippen molar-refractivity contribution in [3.05, 3.63) is 39.7 Å². The Morgan fingerprint density at radius 1 is 1.41 bits per heavy atom. The van der Waals surface area contributed by atoms with Gasteiger partial charge in [-0.25, -0.2) is 4.39 Å². The van der Waals surface area contributed by atoms with Crippen LogP contribution in [0.3, 0.4) is 0 Å². The predicted octanol–water partition coefficient (Wildman–Crippen LogP) is 3.05. The fraction of sp³-hybridized carbons (Fsp3) is 0.250. The Morgan fingerprint density at radius 3 is 3.12 bits per heavy atom. The van der Waals surface area contributed by atoms with Crippen LogP contribution in [0, 0.1) is 5.82 Å².